The number of hydrogen-bond acceptors (Lipinski definition) is 4. The van der Waals surface area contributed by atoms with Gasteiger partial charge in [0.1, 0.15) is 6.04 Å². The van der Waals surface area contributed by atoms with Crippen LogP contribution >= 0.6 is 0 Å². The van der Waals surface area contributed by atoms with Crippen LogP contribution in [-0.4, -0.2) is 35.3 Å². The van der Waals surface area contributed by atoms with Gasteiger partial charge in [0.05, 0.1) is 12.2 Å². The number of anilines is 1. The molecule has 1 aliphatic rings. The fourth-order valence-electron chi connectivity index (χ4n) is 3.36. The van der Waals surface area contributed by atoms with Crippen LogP contribution in [0.5, 0.6) is 0 Å². The maximum atomic E-state index is 12.9. The average molecular weight is 380 g/mol. The van der Waals surface area contributed by atoms with Gasteiger partial charge in [-0.05, 0) is 49.2 Å². The predicted octanol–water partition coefficient (Wildman–Crippen LogP) is 3.63. The van der Waals surface area contributed by atoms with E-state index in [1.807, 2.05) is 25.1 Å². The summed E-state index contributed by atoms with van der Waals surface area (Å²) in [5, 5.41) is 2.86. The summed E-state index contributed by atoms with van der Waals surface area (Å²) in [6, 6.07) is 13.4. The third-order valence-corrected chi connectivity index (χ3v) is 4.75. The summed E-state index contributed by atoms with van der Waals surface area (Å²) < 4.78 is 4.96. The number of fused-ring (bicyclic) bond motifs is 1. The summed E-state index contributed by atoms with van der Waals surface area (Å²) in [6.07, 6.45) is 1.35. The van der Waals surface area contributed by atoms with Crippen LogP contribution in [-0.2, 0) is 16.1 Å². The number of carbonyl (C=O) groups excluding carboxylic acids is 3. The number of nitrogens with one attached hydrogen (secondary N) is 1. The van der Waals surface area contributed by atoms with E-state index < -0.39 is 12.0 Å². The quantitative estimate of drug-likeness (QED) is 0.745. The minimum Gasteiger partial charge on any atom is -0.462 e. The highest BCUT2D eigenvalue weighted by atomic mass is 16.5. The Kier molecular flexibility index (Phi) is 6.09. The molecule has 2 aromatic carbocycles. The first-order chi connectivity index (χ1) is 13.5. The van der Waals surface area contributed by atoms with Crippen molar-refractivity contribution in [3.63, 3.8) is 0 Å². The predicted molar refractivity (Wildman–Crippen MR) is 106 cm³/mol. The summed E-state index contributed by atoms with van der Waals surface area (Å²) in [6.45, 7) is 4.48. The van der Waals surface area contributed by atoms with E-state index in [9.17, 15) is 14.4 Å². The Hall–Kier alpha value is -3.15. The van der Waals surface area contributed by atoms with E-state index in [-0.39, 0.29) is 11.8 Å². The van der Waals surface area contributed by atoms with Crippen molar-refractivity contribution < 1.29 is 19.1 Å². The molecule has 1 atom stereocenters. The van der Waals surface area contributed by atoms with Crippen LogP contribution in [0.3, 0.4) is 0 Å². The first-order valence-electron chi connectivity index (χ1n) is 9.52. The van der Waals surface area contributed by atoms with Crippen LogP contribution in [0.4, 0.5) is 5.69 Å². The molecule has 2 amide bonds. The fraction of sp³-hybridized carbons (Fsp3) is 0.318. The van der Waals surface area contributed by atoms with Crippen molar-refractivity contribution in [2.45, 2.75) is 39.3 Å². The molecule has 0 aliphatic carbocycles. The smallest absolute Gasteiger partial charge is 0.338 e. The first kappa shape index (κ1) is 19.6. The lowest BCUT2D eigenvalue weighted by atomic mass is 10.1. The zero-order valence-electron chi connectivity index (χ0n) is 16.1. The highest BCUT2D eigenvalue weighted by Gasteiger charge is 2.35. The van der Waals surface area contributed by atoms with E-state index in [0.717, 1.165) is 12.0 Å². The van der Waals surface area contributed by atoms with Crippen molar-refractivity contribution in [1.29, 1.82) is 0 Å². The minimum absolute atomic E-state index is 0.109. The summed E-state index contributed by atoms with van der Waals surface area (Å²) in [4.78, 5) is 39.0. The molecule has 0 radical (unpaired) electrons. The minimum atomic E-state index is -0.547. The van der Waals surface area contributed by atoms with E-state index in [4.69, 9.17) is 4.74 Å². The van der Waals surface area contributed by atoms with Crippen molar-refractivity contribution in [2.75, 3.05) is 11.9 Å². The Labute approximate surface area is 164 Å². The van der Waals surface area contributed by atoms with Crippen molar-refractivity contribution in [2.24, 2.45) is 0 Å². The zero-order valence-corrected chi connectivity index (χ0v) is 16.1. The van der Waals surface area contributed by atoms with Gasteiger partial charge >= 0.3 is 5.97 Å². The number of benzene rings is 2. The van der Waals surface area contributed by atoms with Crippen LogP contribution in [0.25, 0.3) is 0 Å². The lowest BCUT2D eigenvalue weighted by Gasteiger charge is -2.26. The molecule has 28 heavy (non-hydrogen) atoms. The maximum Gasteiger partial charge on any atom is 0.338 e. The van der Waals surface area contributed by atoms with Gasteiger partial charge in [-0.3, -0.25) is 9.59 Å². The molecule has 6 nitrogen and oxygen atoms in total. The standard InChI is InChI=1S/C22H24N2O4/c1-3-7-19(24-14-16-8-5-6-9-18(16)21(24)26)20(25)23-17-12-10-15(11-13-17)22(27)28-4-2/h5-6,8-13,19H,3-4,7,14H2,1-2H3,(H,23,25)/t19-/m0/s1. The number of ether oxygens (including phenoxy) is 1. The number of carbonyl (C=O) groups is 3. The molecule has 3 rings (SSSR count). The van der Waals surface area contributed by atoms with Gasteiger partial charge < -0.3 is 15.0 Å². The van der Waals surface area contributed by atoms with Crippen molar-refractivity contribution in [3.8, 4) is 0 Å². The molecule has 1 heterocycles. The lowest BCUT2D eigenvalue weighted by molar-refractivity contribution is -0.120. The number of nitrogens with zero attached hydrogens (tertiary/aromatic N) is 1. The molecule has 146 valence electrons. The summed E-state index contributed by atoms with van der Waals surface area (Å²) in [5.74, 6) is -0.738. The molecular weight excluding hydrogens is 356 g/mol. The zero-order chi connectivity index (χ0) is 20.1. The number of esters is 1. The van der Waals surface area contributed by atoms with Crippen LogP contribution < -0.4 is 5.32 Å². The van der Waals surface area contributed by atoms with Gasteiger partial charge in [0.2, 0.25) is 5.91 Å². The fourth-order valence-corrected chi connectivity index (χ4v) is 3.36. The third kappa shape index (κ3) is 4.06. The van der Waals surface area contributed by atoms with Gasteiger partial charge in [-0.15, -0.1) is 0 Å². The van der Waals surface area contributed by atoms with Gasteiger partial charge in [-0.2, -0.15) is 0 Å². The van der Waals surface area contributed by atoms with E-state index in [1.165, 1.54) is 0 Å². The van der Waals surface area contributed by atoms with Crippen molar-refractivity contribution >= 4 is 23.5 Å². The van der Waals surface area contributed by atoms with E-state index in [1.54, 1.807) is 42.2 Å². The Bertz CT molecular complexity index is 876. The molecule has 0 bridgehead atoms. The Balaban J connectivity index is 1.72. The largest absolute Gasteiger partial charge is 0.462 e. The molecule has 0 aromatic heterocycles. The monoisotopic (exact) mass is 380 g/mol. The maximum absolute atomic E-state index is 12.9. The van der Waals surface area contributed by atoms with Crippen LogP contribution in [0.2, 0.25) is 0 Å². The molecule has 0 saturated heterocycles. The number of rotatable bonds is 7. The molecule has 6 heteroatoms. The SMILES string of the molecule is CCC[C@@H](C(=O)Nc1ccc(C(=O)OCC)cc1)N1Cc2ccccc2C1=O. The van der Waals surface area contributed by atoms with E-state index in [0.29, 0.717) is 36.4 Å². The van der Waals surface area contributed by atoms with Crippen molar-refractivity contribution in [3.05, 3.63) is 65.2 Å². The molecule has 1 N–H and O–H groups in total. The topological polar surface area (TPSA) is 75.7 Å². The van der Waals surface area contributed by atoms with E-state index in [2.05, 4.69) is 5.32 Å². The van der Waals surface area contributed by atoms with E-state index >= 15 is 0 Å². The normalized spacial score (nSPS) is 13.8. The molecule has 1 aliphatic heterocycles. The Morgan fingerprint density at radius 2 is 1.82 bits per heavy atom. The van der Waals surface area contributed by atoms with Crippen LogP contribution in [0.1, 0.15) is 53.0 Å². The average Bonchev–Trinajstić information content (AvgIpc) is 3.03. The summed E-state index contributed by atoms with van der Waals surface area (Å²) in [5.41, 5.74) is 2.61. The molecule has 0 unspecified atom stereocenters. The Morgan fingerprint density at radius 1 is 1.11 bits per heavy atom. The van der Waals surface area contributed by atoms with Gasteiger partial charge in [0, 0.05) is 17.8 Å². The Morgan fingerprint density at radius 3 is 2.46 bits per heavy atom. The second-order valence-electron chi connectivity index (χ2n) is 6.68. The second-order valence-corrected chi connectivity index (χ2v) is 6.68. The third-order valence-electron chi connectivity index (χ3n) is 4.75. The van der Waals surface area contributed by atoms with Crippen LogP contribution in [0.15, 0.2) is 48.5 Å². The van der Waals surface area contributed by atoms with Gasteiger partial charge in [-0.1, -0.05) is 31.5 Å². The molecular formula is C22H24N2O4. The summed E-state index contributed by atoms with van der Waals surface area (Å²) in [7, 11) is 0. The highest BCUT2D eigenvalue weighted by Crippen LogP contribution is 2.26. The molecule has 0 fully saturated rings. The highest BCUT2D eigenvalue weighted by molar-refractivity contribution is 6.03. The molecule has 0 saturated carbocycles. The van der Waals surface area contributed by atoms with Gasteiger partial charge in [0.25, 0.3) is 5.91 Å². The number of hydrogen-bond donors (Lipinski definition) is 1. The first-order valence-corrected chi connectivity index (χ1v) is 9.52. The molecule has 0 spiro atoms. The molecule has 2 aromatic rings. The number of amides is 2. The second kappa shape index (κ2) is 8.69. The van der Waals surface area contributed by atoms with Gasteiger partial charge in [-0.25, -0.2) is 4.79 Å². The summed E-state index contributed by atoms with van der Waals surface area (Å²) >= 11 is 0. The lowest BCUT2D eigenvalue weighted by Crippen LogP contribution is -2.44. The van der Waals surface area contributed by atoms with Crippen molar-refractivity contribution in [1.82, 2.24) is 4.90 Å². The van der Waals surface area contributed by atoms with Gasteiger partial charge in [0.15, 0.2) is 0 Å². The van der Waals surface area contributed by atoms with Crippen LogP contribution in [0, 0.1) is 0 Å².